The standard InChI is InChI=1S/C17H20N2O3/c1-12(14-3-5-18-6-4-14)19-11-13-9-15(20-2)17-16(10-13)21-7-8-22-17/h3-6,9-10,12,19H,7-8,11H2,1-2H3. The number of nitrogens with zero attached hydrogens (tertiary/aromatic N) is 1. The van der Waals surface area contributed by atoms with Gasteiger partial charge in [-0.15, -0.1) is 0 Å². The molecule has 0 saturated carbocycles. The van der Waals surface area contributed by atoms with Gasteiger partial charge in [-0.05, 0) is 42.3 Å². The minimum Gasteiger partial charge on any atom is -0.493 e. The molecular weight excluding hydrogens is 280 g/mol. The number of methoxy groups -OCH3 is 1. The van der Waals surface area contributed by atoms with Crippen LogP contribution in [0.5, 0.6) is 17.2 Å². The zero-order chi connectivity index (χ0) is 15.4. The van der Waals surface area contributed by atoms with E-state index in [0.717, 1.165) is 17.9 Å². The highest BCUT2D eigenvalue weighted by molar-refractivity contribution is 5.54. The zero-order valence-electron chi connectivity index (χ0n) is 12.8. The summed E-state index contributed by atoms with van der Waals surface area (Å²) in [6, 6.07) is 8.26. The van der Waals surface area contributed by atoms with Crippen LogP contribution in [0, 0.1) is 0 Å². The summed E-state index contributed by atoms with van der Waals surface area (Å²) in [4.78, 5) is 4.04. The molecule has 0 spiro atoms. The first-order valence-corrected chi connectivity index (χ1v) is 7.37. The Morgan fingerprint density at radius 2 is 2.00 bits per heavy atom. The number of hydrogen-bond donors (Lipinski definition) is 1. The summed E-state index contributed by atoms with van der Waals surface area (Å²) in [7, 11) is 1.64. The van der Waals surface area contributed by atoms with Crippen LogP contribution in [-0.4, -0.2) is 25.3 Å². The molecule has 2 heterocycles. The van der Waals surface area contributed by atoms with Gasteiger partial charge in [0.05, 0.1) is 7.11 Å². The van der Waals surface area contributed by atoms with E-state index in [9.17, 15) is 0 Å². The predicted molar refractivity (Wildman–Crippen MR) is 83.5 cm³/mol. The summed E-state index contributed by atoms with van der Waals surface area (Å²) in [5.74, 6) is 2.16. The largest absolute Gasteiger partial charge is 0.493 e. The second kappa shape index (κ2) is 6.66. The van der Waals surface area contributed by atoms with Crippen LogP contribution in [0.25, 0.3) is 0 Å². The van der Waals surface area contributed by atoms with Crippen molar-refractivity contribution in [2.24, 2.45) is 0 Å². The van der Waals surface area contributed by atoms with Crippen molar-refractivity contribution in [2.75, 3.05) is 20.3 Å². The minimum absolute atomic E-state index is 0.238. The van der Waals surface area contributed by atoms with Gasteiger partial charge in [-0.3, -0.25) is 4.98 Å². The molecular formula is C17H20N2O3. The van der Waals surface area contributed by atoms with Crippen LogP contribution < -0.4 is 19.5 Å². The number of fused-ring (bicyclic) bond motifs is 1. The van der Waals surface area contributed by atoms with Gasteiger partial charge in [0.2, 0.25) is 5.75 Å². The highest BCUT2D eigenvalue weighted by Crippen LogP contribution is 2.40. The number of ether oxygens (including phenoxy) is 3. The van der Waals surface area contributed by atoms with Crippen molar-refractivity contribution < 1.29 is 14.2 Å². The molecule has 0 bridgehead atoms. The van der Waals surface area contributed by atoms with E-state index < -0.39 is 0 Å². The molecule has 1 atom stereocenters. The number of benzene rings is 1. The Morgan fingerprint density at radius 3 is 2.77 bits per heavy atom. The minimum atomic E-state index is 0.238. The van der Waals surface area contributed by atoms with Crippen molar-refractivity contribution in [3.63, 3.8) is 0 Å². The van der Waals surface area contributed by atoms with E-state index in [1.807, 2.05) is 24.3 Å². The second-order valence-electron chi connectivity index (χ2n) is 5.21. The Labute approximate surface area is 130 Å². The Balaban J connectivity index is 1.73. The van der Waals surface area contributed by atoms with Crippen LogP contribution in [0.15, 0.2) is 36.7 Å². The van der Waals surface area contributed by atoms with E-state index >= 15 is 0 Å². The molecule has 3 rings (SSSR count). The first-order chi connectivity index (χ1) is 10.8. The number of pyridine rings is 1. The molecule has 1 aliphatic rings. The number of rotatable bonds is 5. The van der Waals surface area contributed by atoms with E-state index in [4.69, 9.17) is 14.2 Å². The molecule has 0 fully saturated rings. The zero-order valence-corrected chi connectivity index (χ0v) is 12.8. The Hall–Kier alpha value is -2.27. The van der Waals surface area contributed by atoms with Crippen LogP contribution in [-0.2, 0) is 6.54 Å². The van der Waals surface area contributed by atoms with Crippen LogP contribution in [0.1, 0.15) is 24.1 Å². The van der Waals surface area contributed by atoms with Crippen LogP contribution >= 0.6 is 0 Å². The van der Waals surface area contributed by atoms with Gasteiger partial charge in [0.15, 0.2) is 11.5 Å². The van der Waals surface area contributed by atoms with Crippen molar-refractivity contribution in [1.29, 1.82) is 0 Å². The van der Waals surface area contributed by atoms with E-state index in [1.54, 1.807) is 19.5 Å². The maximum atomic E-state index is 5.66. The lowest BCUT2D eigenvalue weighted by Gasteiger charge is -2.22. The number of nitrogens with one attached hydrogen (secondary N) is 1. The summed E-state index contributed by atoms with van der Waals surface area (Å²) in [5, 5.41) is 3.49. The lowest BCUT2D eigenvalue weighted by molar-refractivity contribution is 0.165. The molecule has 22 heavy (non-hydrogen) atoms. The molecule has 1 aromatic carbocycles. The quantitative estimate of drug-likeness (QED) is 0.920. The number of aromatic nitrogens is 1. The highest BCUT2D eigenvalue weighted by atomic mass is 16.6. The normalized spacial score (nSPS) is 14.5. The van der Waals surface area contributed by atoms with Gasteiger partial charge >= 0.3 is 0 Å². The molecule has 0 aliphatic carbocycles. The second-order valence-corrected chi connectivity index (χ2v) is 5.21. The summed E-state index contributed by atoms with van der Waals surface area (Å²) in [5.41, 5.74) is 2.31. The first-order valence-electron chi connectivity index (χ1n) is 7.37. The lowest BCUT2D eigenvalue weighted by atomic mass is 10.1. The fourth-order valence-electron chi connectivity index (χ4n) is 2.47. The summed E-state index contributed by atoms with van der Waals surface area (Å²) in [6.07, 6.45) is 3.61. The van der Waals surface area contributed by atoms with Gasteiger partial charge in [0, 0.05) is 25.0 Å². The average molecular weight is 300 g/mol. The average Bonchev–Trinajstić information content (AvgIpc) is 2.59. The monoisotopic (exact) mass is 300 g/mol. The van der Waals surface area contributed by atoms with Gasteiger partial charge in [0.25, 0.3) is 0 Å². The molecule has 0 amide bonds. The molecule has 1 aliphatic heterocycles. The third-order valence-corrected chi connectivity index (χ3v) is 3.71. The molecule has 116 valence electrons. The molecule has 2 aromatic rings. The maximum absolute atomic E-state index is 5.66. The van der Waals surface area contributed by atoms with E-state index in [2.05, 4.69) is 17.2 Å². The van der Waals surface area contributed by atoms with Crippen LogP contribution in [0.3, 0.4) is 0 Å². The third-order valence-electron chi connectivity index (χ3n) is 3.71. The van der Waals surface area contributed by atoms with E-state index in [1.165, 1.54) is 5.56 Å². The summed E-state index contributed by atoms with van der Waals surface area (Å²) >= 11 is 0. The maximum Gasteiger partial charge on any atom is 0.203 e. The van der Waals surface area contributed by atoms with Gasteiger partial charge in [-0.25, -0.2) is 0 Å². The Kier molecular flexibility index (Phi) is 4.44. The summed E-state index contributed by atoms with van der Waals surface area (Å²) < 4.78 is 16.7. The van der Waals surface area contributed by atoms with E-state index in [0.29, 0.717) is 24.7 Å². The van der Waals surface area contributed by atoms with Crippen molar-refractivity contribution in [3.05, 3.63) is 47.8 Å². The molecule has 5 heteroatoms. The Bertz CT molecular complexity index is 614. The first kappa shape index (κ1) is 14.7. The van der Waals surface area contributed by atoms with Gasteiger partial charge in [-0.1, -0.05) is 0 Å². The van der Waals surface area contributed by atoms with Gasteiger partial charge in [0.1, 0.15) is 13.2 Å². The van der Waals surface area contributed by atoms with Crippen LogP contribution in [0.2, 0.25) is 0 Å². The molecule has 1 unspecified atom stereocenters. The SMILES string of the molecule is COc1cc(CNC(C)c2ccncc2)cc2c1OCCO2. The van der Waals surface area contributed by atoms with Crippen molar-refractivity contribution in [2.45, 2.75) is 19.5 Å². The van der Waals surface area contributed by atoms with Gasteiger partial charge < -0.3 is 19.5 Å². The molecule has 1 aromatic heterocycles. The van der Waals surface area contributed by atoms with Gasteiger partial charge in [-0.2, -0.15) is 0 Å². The fraction of sp³-hybridized carbons (Fsp3) is 0.353. The summed E-state index contributed by atoms with van der Waals surface area (Å²) in [6.45, 7) is 3.97. The predicted octanol–water partition coefficient (Wildman–Crippen LogP) is 2.71. The van der Waals surface area contributed by atoms with Crippen molar-refractivity contribution in [3.8, 4) is 17.2 Å². The fourth-order valence-corrected chi connectivity index (χ4v) is 2.47. The third kappa shape index (κ3) is 3.14. The molecule has 1 N–H and O–H groups in total. The topological polar surface area (TPSA) is 52.6 Å². The van der Waals surface area contributed by atoms with Crippen molar-refractivity contribution in [1.82, 2.24) is 10.3 Å². The molecule has 0 radical (unpaired) electrons. The van der Waals surface area contributed by atoms with Crippen LogP contribution in [0.4, 0.5) is 0 Å². The van der Waals surface area contributed by atoms with E-state index in [-0.39, 0.29) is 6.04 Å². The highest BCUT2D eigenvalue weighted by Gasteiger charge is 2.18. The smallest absolute Gasteiger partial charge is 0.203 e. The Morgan fingerprint density at radius 1 is 1.23 bits per heavy atom. The number of hydrogen-bond acceptors (Lipinski definition) is 5. The molecule has 0 saturated heterocycles. The van der Waals surface area contributed by atoms with Crippen molar-refractivity contribution >= 4 is 0 Å². The molecule has 5 nitrogen and oxygen atoms in total. The lowest BCUT2D eigenvalue weighted by Crippen LogP contribution is -2.19.